The van der Waals surface area contributed by atoms with Gasteiger partial charge in [-0.05, 0) is 18.2 Å². The number of hydrogen-bond acceptors (Lipinski definition) is 3. The van der Waals surface area contributed by atoms with Crippen molar-refractivity contribution < 1.29 is 17.9 Å². The van der Waals surface area contributed by atoms with Crippen LogP contribution in [-0.4, -0.2) is 19.2 Å². The van der Waals surface area contributed by atoms with E-state index in [0.717, 1.165) is 12.1 Å². The SMILES string of the molecule is CC(C)NCCOc1ccc(C(F)(F)F)c(C#N)c1. The van der Waals surface area contributed by atoms with Gasteiger partial charge in [0.2, 0.25) is 0 Å². The molecule has 3 nitrogen and oxygen atoms in total. The van der Waals surface area contributed by atoms with Crippen molar-refractivity contribution in [3.63, 3.8) is 0 Å². The molecule has 6 heteroatoms. The fourth-order valence-corrected chi connectivity index (χ4v) is 1.47. The van der Waals surface area contributed by atoms with E-state index in [9.17, 15) is 13.2 Å². The third-order valence-corrected chi connectivity index (χ3v) is 2.34. The van der Waals surface area contributed by atoms with Crippen molar-refractivity contribution in [2.45, 2.75) is 26.1 Å². The summed E-state index contributed by atoms with van der Waals surface area (Å²) in [6, 6.07) is 5.04. The standard InChI is InChI=1S/C13H15F3N2O/c1-9(2)18-5-6-19-11-3-4-12(13(14,15)16)10(7-11)8-17/h3-4,7,9,18H,5-6H2,1-2H3. The zero-order valence-electron chi connectivity index (χ0n) is 10.7. The minimum Gasteiger partial charge on any atom is -0.492 e. The molecule has 0 spiro atoms. The first-order chi connectivity index (χ1) is 8.84. The van der Waals surface area contributed by atoms with Gasteiger partial charge in [-0.25, -0.2) is 0 Å². The van der Waals surface area contributed by atoms with Gasteiger partial charge in [0.05, 0.1) is 17.2 Å². The fraction of sp³-hybridized carbons (Fsp3) is 0.462. The lowest BCUT2D eigenvalue weighted by Gasteiger charge is -2.12. The van der Waals surface area contributed by atoms with Crippen molar-refractivity contribution in [3.8, 4) is 11.8 Å². The van der Waals surface area contributed by atoms with E-state index in [4.69, 9.17) is 10.00 Å². The Labute approximate surface area is 110 Å². The highest BCUT2D eigenvalue weighted by Crippen LogP contribution is 2.33. The molecule has 1 rings (SSSR count). The highest BCUT2D eigenvalue weighted by molar-refractivity contribution is 5.44. The molecule has 0 amide bonds. The van der Waals surface area contributed by atoms with Crippen molar-refractivity contribution >= 4 is 0 Å². The quantitative estimate of drug-likeness (QED) is 0.838. The molecule has 0 aliphatic heterocycles. The molecule has 1 aromatic carbocycles. The van der Waals surface area contributed by atoms with Crippen LogP contribution in [0.15, 0.2) is 18.2 Å². The normalized spacial score (nSPS) is 11.4. The van der Waals surface area contributed by atoms with Gasteiger partial charge >= 0.3 is 6.18 Å². The second kappa shape index (κ2) is 6.43. The summed E-state index contributed by atoms with van der Waals surface area (Å²) in [5.41, 5.74) is -1.37. The van der Waals surface area contributed by atoms with Gasteiger partial charge in [-0.3, -0.25) is 0 Å². The molecule has 0 fully saturated rings. The van der Waals surface area contributed by atoms with E-state index in [1.165, 1.54) is 12.1 Å². The summed E-state index contributed by atoms with van der Waals surface area (Å²) in [7, 11) is 0. The van der Waals surface area contributed by atoms with Gasteiger partial charge in [-0.2, -0.15) is 18.4 Å². The lowest BCUT2D eigenvalue weighted by molar-refractivity contribution is -0.137. The monoisotopic (exact) mass is 272 g/mol. The molecule has 0 aliphatic carbocycles. The van der Waals surface area contributed by atoms with Crippen LogP contribution in [0.1, 0.15) is 25.0 Å². The van der Waals surface area contributed by atoms with Crippen LogP contribution in [0.25, 0.3) is 0 Å². The summed E-state index contributed by atoms with van der Waals surface area (Å²) in [4.78, 5) is 0. The predicted octanol–water partition coefficient (Wildman–Crippen LogP) is 2.95. The van der Waals surface area contributed by atoms with Crippen LogP contribution < -0.4 is 10.1 Å². The van der Waals surface area contributed by atoms with Gasteiger partial charge in [0.15, 0.2) is 0 Å². The Bertz CT molecular complexity index is 464. The molecular formula is C13H15F3N2O. The van der Waals surface area contributed by atoms with Crippen LogP contribution in [0.4, 0.5) is 13.2 Å². The summed E-state index contributed by atoms with van der Waals surface area (Å²) in [6.07, 6.45) is -4.53. The minimum atomic E-state index is -4.53. The molecule has 1 N–H and O–H groups in total. The highest BCUT2D eigenvalue weighted by atomic mass is 19.4. The average molecular weight is 272 g/mol. The Kier molecular flexibility index (Phi) is 5.19. The molecule has 19 heavy (non-hydrogen) atoms. The number of alkyl halides is 3. The lowest BCUT2D eigenvalue weighted by atomic mass is 10.1. The minimum absolute atomic E-state index is 0.259. The van der Waals surface area contributed by atoms with E-state index < -0.39 is 17.3 Å². The van der Waals surface area contributed by atoms with E-state index in [2.05, 4.69) is 5.32 Å². The third kappa shape index (κ3) is 4.79. The second-order valence-electron chi connectivity index (χ2n) is 4.27. The summed E-state index contributed by atoms with van der Waals surface area (Å²) in [5, 5.41) is 11.8. The zero-order valence-corrected chi connectivity index (χ0v) is 10.7. The van der Waals surface area contributed by atoms with E-state index in [1.807, 2.05) is 13.8 Å². The van der Waals surface area contributed by atoms with Gasteiger partial charge in [-0.15, -0.1) is 0 Å². The number of nitriles is 1. The lowest BCUT2D eigenvalue weighted by Crippen LogP contribution is -2.27. The van der Waals surface area contributed by atoms with E-state index in [1.54, 1.807) is 0 Å². The van der Waals surface area contributed by atoms with Crippen LogP contribution in [-0.2, 0) is 6.18 Å². The van der Waals surface area contributed by atoms with Gasteiger partial charge in [-0.1, -0.05) is 13.8 Å². The van der Waals surface area contributed by atoms with Gasteiger partial charge in [0.1, 0.15) is 12.4 Å². The van der Waals surface area contributed by atoms with Crippen molar-refractivity contribution in [1.82, 2.24) is 5.32 Å². The Balaban J connectivity index is 2.71. The summed E-state index contributed by atoms with van der Waals surface area (Å²) in [5.74, 6) is 0.259. The molecular weight excluding hydrogens is 257 g/mol. The molecule has 0 radical (unpaired) electrons. The smallest absolute Gasteiger partial charge is 0.417 e. The number of hydrogen-bond donors (Lipinski definition) is 1. The van der Waals surface area contributed by atoms with E-state index >= 15 is 0 Å². The predicted molar refractivity (Wildman–Crippen MR) is 64.8 cm³/mol. The molecule has 0 bridgehead atoms. The maximum atomic E-state index is 12.6. The topological polar surface area (TPSA) is 45.0 Å². The molecule has 0 atom stereocenters. The van der Waals surface area contributed by atoms with Crippen molar-refractivity contribution in [3.05, 3.63) is 29.3 Å². The number of nitrogens with zero attached hydrogens (tertiary/aromatic N) is 1. The van der Waals surface area contributed by atoms with Crippen molar-refractivity contribution in [1.29, 1.82) is 5.26 Å². The Morgan fingerprint density at radius 1 is 1.37 bits per heavy atom. The average Bonchev–Trinajstić information content (AvgIpc) is 2.32. The Morgan fingerprint density at radius 2 is 2.05 bits per heavy atom. The number of benzene rings is 1. The first kappa shape index (κ1) is 15.3. The Morgan fingerprint density at radius 3 is 2.58 bits per heavy atom. The van der Waals surface area contributed by atoms with Gasteiger partial charge < -0.3 is 10.1 Å². The summed E-state index contributed by atoms with van der Waals surface area (Å²) >= 11 is 0. The van der Waals surface area contributed by atoms with Crippen LogP contribution in [0, 0.1) is 11.3 Å². The number of rotatable bonds is 5. The zero-order chi connectivity index (χ0) is 14.5. The molecule has 0 aliphatic rings. The van der Waals surface area contributed by atoms with Crippen LogP contribution in [0.2, 0.25) is 0 Å². The molecule has 0 saturated carbocycles. The van der Waals surface area contributed by atoms with Crippen LogP contribution in [0.3, 0.4) is 0 Å². The molecule has 0 unspecified atom stereocenters. The van der Waals surface area contributed by atoms with Crippen LogP contribution >= 0.6 is 0 Å². The number of ether oxygens (including phenoxy) is 1. The molecule has 0 heterocycles. The van der Waals surface area contributed by atoms with E-state index in [0.29, 0.717) is 19.2 Å². The second-order valence-corrected chi connectivity index (χ2v) is 4.27. The maximum absolute atomic E-state index is 12.6. The summed E-state index contributed by atoms with van der Waals surface area (Å²) < 4.78 is 43.0. The van der Waals surface area contributed by atoms with Gasteiger partial charge in [0, 0.05) is 12.6 Å². The van der Waals surface area contributed by atoms with E-state index in [-0.39, 0.29) is 5.75 Å². The molecule has 0 aromatic heterocycles. The first-order valence-electron chi connectivity index (χ1n) is 5.82. The van der Waals surface area contributed by atoms with Crippen LogP contribution in [0.5, 0.6) is 5.75 Å². The van der Waals surface area contributed by atoms with Gasteiger partial charge in [0.25, 0.3) is 0 Å². The molecule has 1 aromatic rings. The maximum Gasteiger partial charge on any atom is 0.417 e. The number of nitrogens with one attached hydrogen (secondary N) is 1. The molecule has 0 saturated heterocycles. The molecule has 104 valence electrons. The fourth-order valence-electron chi connectivity index (χ4n) is 1.47. The van der Waals surface area contributed by atoms with Crippen molar-refractivity contribution in [2.75, 3.05) is 13.2 Å². The highest BCUT2D eigenvalue weighted by Gasteiger charge is 2.33. The number of halogens is 3. The third-order valence-electron chi connectivity index (χ3n) is 2.34. The first-order valence-corrected chi connectivity index (χ1v) is 5.82. The Hall–Kier alpha value is -1.74. The summed E-state index contributed by atoms with van der Waals surface area (Å²) in [6.45, 7) is 4.87. The van der Waals surface area contributed by atoms with Crippen molar-refractivity contribution in [2.24, 2.45) is 0 Å². The largest absolute Gasteiger partial charge is 0.492 e.